The van der Waals surface area contributed by atoms with Crippen molar-refractivity contribution in [3.63, 3.8) is 0 Å². The highest BCUT2D eigenvalue weighted by molar-refractivity contribution is 8.14. The van der Waals surface area contributed by atoms with E-state index in [0.29, 0.717) is 0 Å². The van der Waals surface area contributed by atoms with E-state index in [4.69, 9.17) is 0 Å². The molecule has 0 saturated carbocycles. The first-order valence-electron chi connectivity index (χ1n) is 5.84. The lowest BCUT2D eigenvalue weighted by molar-refractivity contribution is 0.382. The van der Waals surface area contributed by atoms with Gasteiger partial charge in [-0.15, -0.1) is 0 Å². The Balaban J connectivity index is 2.40. The van der Waals surface area contributed by atoms with Gasteiger partial charge in [-0.1, -0.05) is 18.7 Å². The number of benzene rings is 1. The highest BCUT2D eigenvalue weighted by Crippen LogP contribution is 2.30. The van der Waals surface area contributed by atoms with Gasteiger partial charge in [-0.3, -0.25) is 4.99 Å². The van der Waals surface area contributed by atoms with E-state index < -0.39 is 34.8 Å². The van der Waals surface area contributed by atoms with E-state index in [1.165, 1.54) is 11.8 Å². The van der Waals surface area contributed by atoms with Gasteiger partial charge in [-0.25, -0.2) is 22.0 Å². The summed E-state index contributed by atoms with van der Waals surface area (Å²) in [7, 11) is 0. The van der Waals surface area contributed by atoms with Crippen molar-refractivity contribution in [2.75, 3.05) is 5.32 Å². The van der Waals surface area contributed by atoms with E-state index in [9.17, 15) is 22.0 Å². The van der Waals surface area contributed by atoms with Gasteiger partial charge in [0.2, 0.25) is 5.82 Å². The molecule has 1 N–H and O–H groups in total. The van der Waals surface area contributed by atoms with Crippen molar-refractivity contribution in [1.82, 2.24) is 0 Å². The second kappa shape index (κ2) is 5.59. The Bertz CT molecular complexity index is 546. The maximum Gasteiger partial charge on any atom is 0.200 e. The summed E-state index contributed by atoms with van der Waals surface area (Å²) in [5, 5.41) is 2.47. The van der Waals surface area contributed by atoms with Gasteiger partial charge in [-0.05, 0) is 13.3 Å². The van der Waals surface area contributed by atoms with Crippen molar-refractivity contribution in [2.45, 2.75) is 31.6 Å². The van der Waals surface area contributed by atoms with Gasteiger partial charge >= 0.3 is 0 Å². The van der Waals surface area contributed by atoms with Crippen LogP contribution < -0.4 is 5.32 Å². The predicted molar refractivity (Wildman–Crippen MR) is 68.4 cm³/mol. The molecule has 0 amide bonds. The molecule has 0 radical (unpaired) electrons. The van der Waals surface area contributed by atoms with Crippen LogP contribution in [0.25, 0.3) is 0 Å². The van der Waals surface area contributed by atoms with Crippen molar-refractivity contribution in [2.24, 2.45) is 4.99 Å². The SMILES string of the molecule is CC1CC(C)SC(Nc2c(F)c(F)c(F)c(F)c2F)=N1. The van der Waals surface area contributed by atoms with Gasteiger partial charge in [0, 0.05) is 5.25 Å². The average molecular weight is 310 g/mol. The van der Waals surface area contributed by atoms with Gasteiger partial charge in [0.1, 0.15) is 5.69 Å². The van der Waals surface area contributed by atoms with Crippen molar-refractivity contribution >= 4 is 22.6 Å². The van der Waals surface area contributed by atoms with E-state index in [0.717, 1.165) is 6.42 Å². The monoisotopic (exact) mass is 310 g/mol. The van der Waals surface area contributed by atoms with E-state index in [1.807, 2.05) is 6.92 Å². The third kappa shape index (κ3) is 2.74. The van der Waals surface area contributed by atoms with E-state index in [1.54, 1.807) is 6.92 Å². The molecule has 8 heteroatoms. The molecule has 0 saturated heterocycles. The summed E-state index contributed by atoms with van der Waals surface area (Å²) in [5.41, 5.74) is -1.08. The van der Waals surface area contributed by atoms with E-state index in [2.05, 4.69) is 10.3 Å². The summed E-state index contributed by atoms with van der Waals surface area (Å²) in [6, 6.07) is -0.0879. The number of hydrogen-bond donors (Lipinski definition) is 1. The number of aliphatic imine (C=N–C) groups is 1. The Labute approximate surface area is 116 Å². The lowest BCUT2D eigenvalue weighted by atomic mass is 10.2. The number of rotatable bonds is 1. The van der Waals surface area contributed by atoms with Gasteiger partial charge in [0.15, 0.2) is 28.4 Å². The van der Waals surface area contributed by atoms with E-state index >= 15 is 0 Å². The zero-order chi connectivity index (χ0) is 15.0. The zero-order valence-corrected chi connectivity index (χ0v) is 11.4. The Morgan fingerprint density at radius 2 is 1.45 bits per heavy atom. The summed E-state index contributed by atoms with van der Waals surface area (Å²) >= 11 is 1.19. The fourth-order valence-electron chi connectivity index (χ4n) is 1.89. The Morgan fingerprint density at radius 1 is 0.950 bits per heavy atom. The number of nitrogens with zero attached hydrogens (tertiary/aromatic N) is 1. The second-order valence-corrected chi connectivity index (χ2v) is 5.94. The number of amidine groups is 1. The molecule has 1 heterocycles. The summed E-state index contributed by atoms with van der Waals surface area (Å²) in [6.07, 6.45) is 0.771. The highest BCUT2D eigenvalue weighted by Gasteiger charge is 2.28. The van der Waals surface area contributed by atoms with Crippen LogP contribution in [-0.4, -0.2) is 16.5 Å². The van der Waals surface area contributed by atoms with Crippen LogP contribution in [0.15, 0.2) is 4.99 Å². The number of thioether (sulfide) groups is 1. The number of hydrogen-bond acceptors (Lipinski definition) is 3. The van der Waals surface area contributed by atoms with Crippen LogP contribution in [0, 0.1) is 29.1 Å². The first kappa shape index (κ1) is 15.1. The lowest BCUT2D eigenvalue weighted by Gasteiger charge is -2.23. The summed E-state index contributed by atoms with van der Waals surface area (Å²) in [5.74, 6) is -9.92. The standard InChI is InChI=1S/C12H11F5N2S/c1-4-3-5(2)20-12(18-4)19-11-9(16)7(14)6(13)8(15)10(11)17/h4-5H,3H2,1-2H3,(H,18,19). The summed E-state index contributed by atoms with van der Waals surface area (Å²) in [4.78, 5) is 4.09. The molecule has 0 bridgehead atoms. The molecule has 2 rings (SSSR count). The molecular weight excluding hydrogens is 299 g/mol. The fraction of sp³-hybridized carbons (Fsp3) is 0.417. The minimum absolute atomic E-state index is 0.0879. The van der Waals surface area contributed by atoms with Crippen molar-refractivity contribution in [3.05, 3.63) is 29.1 Å². The van der Waals surface area contributed by atoms with Crippen LogP contribution in [0.4, 0.5) is 27.6 Å². The Kier molecular flexibility index (Phi) is 4.22. The van der Waals surface area contributed by atoms with Crippen LogP contribution in [0.1, 0.15) is 20.3 Å². The molecule has 0 aromatic heterocycles. The topological polar surface area (TPSA) is 24.4 Å². The molecule has 1 aromatic rings. The van der Waals surface area contributed by atoms with Gasteiger partial charge in [-0.2, -0.15) is 0 Å². The zero-order valence-electron chi connectivity index (χ0n) is 10.6. The van der Waals surface area contributed by atoms with Crippen molar-refractivity contribution in [3.8, 4) is 0 Å². The predicted octanol–water partition coefficient (Wildman–Crippen LogP) is 4.06. The lowest BCUT2D eigenvalue weighted by Crippen LogP contribution is -2.24. The largest absolute Gasteiger partial charge is 0.330 e. The van der Waals surface area contributed by atoms with Crippen LogP contribution in [0.2, 0.25) is 0 Å². The summed E-state index contributed by atoms with van der Waals surface area (Å²) in [6.45, 7) is 3.69. The molecule has 2 nitrogen and oxygen atoms in total. The normalized spacial score (nSPS) is 22.6. The quantitative estimate of drug-likeness (QED) is 0.480. The summed E-state index contributed by atoms with van der Waals surface area (Å²) < 4.78 is 66.0. The van der Waals surface area contributed by atoms with Crippen LogP contribution in [-0.2, 0) is 0 Å². The van der Waals surface area contributed by atoms with Gasteiger partial charge in [0.05, 0.1) is 6.04 Å². The van der Waals surface area contributed by atoms with Crippen LogP contribution in [0.3, 0.4) is 0 Å². The minimum Gasteiger partial charge on any atom is -0.330 e. The minimum atomic E-state index is -2.18. The number of nitrogens with one attached hydrogen (secondary N) is 1. The first-order valence-corrected chi connectivity index (χ1v) is 6.72. The maximum absolute atomic E-state index is 13.5. The molecule has 2 atom stereocenters. The number of halogens is 5. The highest BCUT2D eigenvalue weighted by atomic mass is 32.2. The first-order chi connectivity index (χ1) is 9.31. The molecule has 0 spiro atoms. The van der Waals surface area contributed by atoms with Gasteiger partial charge < -0.3 is 5.32 Å². The van der Waals surface area contributed by atoms with Crippen molar-refractivity contribution in [1.29, 1.82) is 0 Å². The fourth-order valence-corrected chi connectivity index (χ4v) is 3.04. The van der Waals surface area contributed by atoms with E-state index in [-0.39, 0.29) is 16.5 Å². The van der Waals surface area contributed by atoms with Crippen LogP contribution >= 0.6 is 11.8 Å². The number of anilines is 1. The molecule has 2 unspecified atom stereocenters. The Morgan fingerprint density at radius 3 is 1.95 bits per heavy atom. The molecule has 1 aromatic carbocycles. The molecule has 0 fully saturated rings. The van der Waals surface area contributed by atoms with Gasteiger partial charge in [0.25, 0.3) is 0 Å². The average Bonchev–Trinajstić information content (AvgIpc) is 2.38. The molecular formula is C12H11F5N2S. The van der Waals surface area contributed by atoms with Crippen molar-refractivity contribution < 1.29 is 22.0 Å². The smallest absolute Gasteiger partial charge is 0.200 e. The molecule has 20 heavy (non-hydrogen) atoms. The Hall–Kier alpha value is -1.31. The molecule has 0 aliphatic carbocycles. The molecule has 110 valence electrons. The second-order valence-electron chi connectivity index (χ2n) is 4.52. The third-order valence-electron chi connectivity index (χ3n) is 2.77. The third-order valence-corrected chi connectivity index (χ3v) is 3.79. The molecule has 1 aliphatic rings. The van der Waals surface area contributed by atoms with Crippen LogP contribution in [0.5, 0.6) is 0 Å². The maximum atomic E-state index is 13.5. The molecule has 1 aliphatic heterocycles.